The summed E-state index contributed by atoms with van der Waals surface area (Å²) in [6.07, 6.45) is 0.563. The Labute approximate surface area is 120 Å². The molecule has 1 aromatic heterocycles. The van der Waals surface area contributed by atoms with Crippen LogP contribution in [0.2, 0.25) is 0 Å². The first kappa shape index (κ1) is 15.0. The van der Waals surface area contributed by atoms with Gasteiger partial charge in [-0.25, -0.2) is 0 Å². The Balaban J connectivity index is 2.52. The van der Waals surface area contributed by atoms with Crippen molar-refractivity contribution in [3.63, 3.8) is 0 Å². The van der Waals surface area contributed by atoms with Crippen LogP contribution in [0.1, 0.15) is 12.6 Å². The zero-order valence-corrected chi connectivity index (χ0v) is 11.8. The van der Waals surface area contributed by atoms with Crippen LogP contribution in [0.3, 0.4) is 0 Å². The van der Waals surface area contributed by atoms with E-state index in [1.54, 1.807) is 7.05 Å². The van der Waals surface area contributed by atoms with E-state index in [0.717, 1.165) is 6.07 Å². The highest BCUT2D eigenvalue weighted by Gasteiger charge is 2.22. The molecule has 8 heteroatoms. The van der Waals surface area contributed by atoms with E-state index in [-0.39, 0.29) is 5.56 Å². The second kappa shape index (κ2) is 6.40. The monoisotopic (exact) mass is 293 g/mol. The molecule has 0 unspecified atom stereocenters. The van der Waals surface area contributed by atoms with Crippen molar-refractivity contribution < 1.29 is 9.31 Å². The van der Waals surface area contributed by atoms with Crippen molar-refractivity contribution in [1.29, 1.82) is 0 Å². The van der Waals surface area contributed by atoms with E-state index in [9.17, 15) is 14.5 Å². The summed E-state index contributed by atoms with van der Waals surface area (Å²) in [5.41, 5.74) is 0.520. The molecular weight excluding hydrogens is 277 g/mol. The summed E-state index contributed by atoms with van der Waals surface area (Å²) in [4.78, 5) is 11.6. The minimum Gasteiger partial charge on any atom is -0.319 e. The van der Waals surface area contributed by atoms with E-state index in [1.165, 1.54) is 16.9 Å². The summed E-state index contributed by atoms with van der Waals surface area (Å²) in [5, 5.41) is 22.3. The Morgan fingerprint density at radius 2 is 2.19 bits per heavy atom. The van der Waals surface area contributed by atoms with Crippen LogP contribution >= 0.6 is 0 Å². The van der Waals surface area contributed by atoms with E-state index in [2.05, 4.69) is 15.5 Å². The molecule has 0 spiro atoms. The van der Waals surface area contributed by atoms with Gasteiger partial charge in [-0.1, -0.05) is 6.07 Å². The highest BCUT2D eigenvalue weighted by atomic mass is 19.1. The smallest absolute Gasteiger partial charge is 0.305 e. The van der Waals surface area contributed by atoms with E-state index in [1.807, 2.05) is 6.92 Å². The number of nitrogens with zero attached hydrogens (tertiary/aromatic N) is 4. The van der Waals surface area contributed by atoms with Crippen LogP contribution in [0.25, 0.3) is 11.3 Å². The van der Waals surface area contributed by atoms with E-state index >= 15 is 0 Å². The Hall–Kier alpha value is -2.35. The van der Waals surface area contributed by atoms with Gasteiger partial charge in [-0.05, 0) is 20.0 Å². The number of aryl methyl sites for hydroxylation is 1. The lowest BCUT2D eigenvalue weighted by Crippen LogP contribution is -2.11. The minimum atomic E-state index is -0.878. The van der Waals surface area contributed by atoms with Crippen molar-refractivity contribution in [2.24, 2.45) is 0 Å². The van der Waals surface area contributed by atoms with Gasteiger partial charge < -0.3 is 5.32 Å². The molecule has 0 aliphatic rings. The van der Waals surface area contributed by atoms with Gasteiger partial charge in [-0.15, -0.1) is 0 Å². The van der Waals surface area contributed by atoms with Gasteiger partial charge in [0.25, 0.3) is 0 Å². The first-order valence-corrected chi connectivity index (χ1v) is 6.60. The Morgan fingerprint density at radius 3 is 2.81 bits per heavy atom. The number of hydrogen-bond acceptors (Lipinski definition) is 5. The average molecular weight is 293 g/mol. The molecule has 0 fully saturated rings. The fraction of sp³-hybridized carbons (Fsp3) is 0.385. The quantitative estimate of drug-likeness (QED) is 0.648. The third-order valence-corrected chi connectivity index (χ3v) is 3.05. The fourth-order valence-corrected chi connectivity index (χ4v) is 1.99. The number of halogens is 1. The highest BCUT2D eigenvalue weighted by molar-refractivity contribution is 5.65. The molecule has 0 saturated carbocycles. The predicted octanol–water partition coefficient (Wildman–Crippen LogP) is 1.77. The van der Waals surface area contributed by atoms with Crippen LogP contribution in [0.4, 0.5) is 10.1 Å². The molecule has 2 rings (SSSR count). The van der Waals surface area contributed by atoms with E-state index < -0.39 is 16.4 Å². The van der Waals surface area contributed by atoms with Gasteiger partial charge in [-0.2, -0.15) is 19.4 Å². The summed E-state index contributed by atoms with van der Waals surface area (Å²) in [7, 11) is 1.80. The van der Waals surface area contributed by atoms with Gasteiger partial charge >= 0.3 is 5.69 Å². The Bertz CT molecular complexity index is 656. The maximum atomic E-state index is 14.3. The second-order valence-electron chi connectivity index (χ2n) is 4.43. The van der Waals surface area contributed by atoms with Crippen molar-refractivity contribution in [2.75, 3.05) is 13.6 Å². The number of aromatic nitrogens is 3. The summed E-state index contributed by atoms with van der Waals surface area (Å²) in [5.74, 6) is -0.878. The molecule has 0 radical (unpaired) electrons. The summed E-state index contributed by atoms with van der Waals surface area (Å²) in [6.45, 7) is 3.07. The van der Waals surface area contributed by atoms with Crippen LogP contribution in [0.15, 0.2) is 18.2 Å². The largest absolute Gasteiger partial charge is 0.319 e. The average Bonchev–Trinajstić information content (AvgIpc) is 2.88. The fourth-order valence-electron chi connectivity index (χ4n) is 1.99. The van der Waals surface area contributed by atoms with Gasteiger partial charge in [0.05, 0.1) is 17.2 Å². The molecule has 1 heterocycles. The van der Waals surface area contributed by atoms with Gasteiger partial charge in [0.15, 0.2) is 0 Å². The number of benzene rings is 1. The zero-order valence-electron chi connectivity index (χ0n) is 11.8. The Morgan fingerprint density at radius 1 is 1.43 bits per heavy atom. The first-order valence-electron chi connectivity index (χ1n) is 6.60. The van der Waals surface area contributed by atoms with Gasteiger partial charge in [0.1, 0.15) is 5.69 Å². The SMILES string of the molecule is CCn1nc(CCNC)c(-c2cccc([N+](=O)[O-])c2F)n1. The molecule has 0 saturated heterocycles. The predicted molar refractivity (Wildman–Crippen MR) is 75.4 cm³/mol. The highest BCUT2D eigenvalue weighted by Crippen LogP contribution is 2.29. The number of nitro groups is 1. The first-order chi connectivity index (χ1) is 10.1. The van der Waals surface area contributed by atoms with Crippen molar-refractivity contribution in [2.45, 2.75) is 19.9 Å². The molecule has 1 N–H and O–H groups in total. The van der Waals surface area contributed by atoms with Crippen LogP contribution in [0, 0.1) is 15.9 Å². The number of nitrogens with one attached hydrogen (secondary N) is 1. The molecule has 1 aromatic carbocycles. The topological polar surface area (TPSA) is 85.9 Å². The lowest BCUT2D eigenvalue weighted by Gasteiger charge is -2.02. The van der Waals surface area contributed by atoms with Crippen LogP contribution < -0.4 is 5.32 Å². The van der Waals surface area contributed by atoms with Gasteiger partial charge in [0, 0.05) is 24.6 Å². The van der Waals surface area contributed by atoms with Crippen molar-refractivity contribution in [3.8, 4) is 11.3 Å². The molecule has 0 bridgehead atoms. The summed E-state index contributed by atoms with van der Waals surface area (Å²) in [6, 6.07) is 4.06. The molecule has 21 heavy (non-hydrogen) atoms. The molecule has 0 amide bonds. The van der Waals surface area contributed by atoms with Crippen molar-refractivity contribution in [3.05, 3.63) is 39.8 Å². The Kier molecular flexibility index (Phi) is 4.59. The van der Waals surface area contributed by atoms with Gasteiger partial charge in [-0.3, -0.25) is 10.1 Å². The third kappa shape index (κ3) is 3.05. The molecule has 0 atom stereocenters. The molecular formula is C13H16FN5O2. The maximum absolute atomic E-state index is 14.3. The van der Waals surface area contributed by atoms with Crippen molar-refractivity contribution in [1.82, 2.24) is 20.3 Å². The molecule has 0 aliphatic carbocycles. The standard InChI is InChI=1S/C13H16FN5O2/c1-3-18-16-10(7-8-15-2)13(17-18)9-5-4-6-11(12(9)14)19(20)21/h4-6,15H,3,7-8H2,1-2H3. The lowest BCUT2D eigenvalue weighted by molar-refractivity contribution is -0.387. The van der Waals surface area contributed by atoms with E-state index in [0.29, 0.717) is 30.9 Å². The van der Waals surface area contributed by atoms with Gasteiger partial charge in [0.2, 0.25) is 5.82 Å². The van der Waals surface area contributed by atoms with Crippen LogP contribution in [-0.4, -0.2) is 33.5 Å². The van der Waals surface area contributed by atoms with Crippen LogP contribution in [-0.2, 0) is 13.0 Å². The molecule has 0 aliphatic heterocycles. The molecule has 2 aromatic rings. The summed E-state index contributed by atoms with van der Waals surface area (Å²) < 4.78 is 14.3. The second-order valence-corrected chi connectivity index (χ2v) is 4.43. The molecule has 7 nitrogen and oxygen atoms in total. The summed E-state index contributed by atoms with van der Waals surface area (Å²) >= 11 is 0. The number of likely N-dealkylation sites (N-methyl/N-ethyl adjacent to an activating group) is 1. The van der Waals surface area contributed by atoms with E-state index in [4.69, 9.17) is 0 Å². The number of hydrogen-bond donors (Lipinski definition) is 1. The van der Waals surface area contributed by atoms with Crippen LogP contribution in [0.5, 0.6) is 0 Å². The third-order valence-electron chi connectivity index (χ3n) is 3.05. The lowest BCUT2D eigenvalue weighted by atomic mass is 10.1. The molecule has 112 valence electrons. The number of nitro benzene ring substituents is 1. The number of rotatable bonds is 6. The normalized spacial score (nSPS) is 10.8. The zero-order chi connectivity index (χ0) is 15.4. The van der Waals surface area contributed by atoms with Crippen molar-refractivity contribution >= 4 is 5.69 Å². The maximum Gasteiger partial charge on any atom is 0.305 e. The minimum absolute atomic E-state index is 0.106.